The molecule has 1 aromatic heterocycles. The molecule has 2 aromatic rings. The zero-order valence-corrected chi connectivity index (χ0v) is 11.6. The number of esters is 1. The average molecular weight is 274 g/mol. The number of unbranched alkanes of at least 4 members (excludes halogenated alkanes) is 1. The minimum Gasteiger partial charge on any atom is -0.466 e. The van der Waals surface area contributed by atoms with Crippen molar-refractivity contribution in [3.8, 4) is 0 Å². The second-order valence-electron chi connectivity index (χ2n) is 4.60. The lowest BCUT2D eigenvalue weighted by Crippen LogP contribution is -2.09. The standard InChI is InChI=1S/C16H18O4/c1-2-19-15(17)10-6-3-7-12-11-20-14-9-5-4-8-13(14)16(12)18/h4-5,8-9,11H,2-3,6-7,10H2,1H3. The van der Waals surface area contributed by atoms with Crippen molar-refractivity contribution in [1.82, 2.24) is 0 Å². The van der Waals surface area contributed by atoms with E-state index in [0.29, 0.717) is 42.4 Å². The number of carbonyl (C=O) groups excluding carboxylic acids is 1. The molecule has 0 saturated carbocycles. The molecule has 0 amide bonds. The van der Waals surface area contributed by atoms with Gasteiger partial charge in [0.25, 0.3) is 0 Å². The number of ether oxygens (including phenoxy) is 1. The van der Waals surface area contributed by atoms with Crippen LogP contribution in [-0.4, -0.2) is 12.6 Å². The Labute approximate surface area is 117 Å². The van der Waals surface area contributed by atoms with Gasteiger partial charge in [0.1, 0.15) is 5.58 Å². The molecule has 0 radical (unpaired) electrons. The fraction of sp³-hybridized carbons (Fsp3) is 0.375. The van der Waals surface area contributed by atoms with Crippen molar-refractivity contribution in [1.29, 1.82) is 0 Å². The highest BCUT2D eigenvalue weighted by Crippen LogP contribution is 2.12. The van der Waals surface area contributed by atoms with Crippen LogP contribution in [0.2, 0.25) is 0 Å². The summed E-state index contributed by atoms with van der Waals surface area (Å²) < 4.78 is 10.3. The summed E-state index contributed by atoms with van der Waals surface area (Å²) in [5, 5.41) is 0.607. The zero-order chi connectivity index (χ0) is 14.4. The van der Waals surface area contributed by atoms with Gasteiger partial charge >= 0.3 is 5.97 Å². The van der Waals surface area contributed by atoms with Gasteiger partial charge in [-0.05, 0) is 38.3 Å². The van der Waals surface area contributed by atoms with Gasteiger partial charge in [-0.25, -0.2) is 0 Å². The highest BCUT2D eigenvalue weighted by molar-refractivity contribution is 5.76. The van der Waals surface area contributed by atoms with E-state index in [-0.39, 0.29) is 11.4 Å². The number of carbonyl (C=O) groups is 1. The number of para-hydroxylation sites is 1. The van der Waals surface area contributed by atoms with Gasteiger partial charge in [-0.2, -0.15) is 0 Å². The van der Waals surface area contributed by atoms with E-state index in [1.54, 1.807) is 19.1 Å². The molecule has 1 heterocycles. The molecule has 0 unspecified atom stereocenters. The summed E-state index contributed by atoms with van der Waals surface area (Å²) in [4.78, 5) is 23.4. The van der Waals surface area contributed by atoms with Crippen molar-refractivity contribution in [2.45, 2.75) is 32.6 Å². The van der Waals surface area contributed by atoms with Crippen molar-refractivity contribution in [3.63, 3.8) is 0 Å². The van der Waals surface area contributed by atoms with Crippen molar-refractivity contribution in [3.05, 3.63) is 46.3 Å². The topological polar surface area (TPSA) is 56.5 Å². The summed E-state index contributed by atoms with van der Waals surface area (Å²) in [6.45, 7) is 2.20. The Morgan fingerprint density at radius 3 is 2.85 bits per heavy atom. The molecule has 0 saturated heterocycles. The summed E-state index contributed by atoms with van der Waals surface area (Å²) in [6, 6.07) is 7.21. The summed E-state index contributed by atoms with van der Waals surface area (Å²) in [5.41, 5.74) is 1.28. The van der Waals surface area contributed by atoms with Crippen molar-refractivity contribution in [2.24, 2.45) is 0 Å². The van der Waals surface area contributed by atoms with Crippen LogP contribution in [0.1, 0.15) is 31.7 Å². The minimum absolute atomic E-state index is 0.0167. The maximum atomic E-state index is 12.2. The monoisotopic (exact) mass is 274 g/mol. The molecule has 4 nitrogen and oxygen atoms in total. The fourth-order valence-corrected chi connectivity index (χ4v) is 2.11. The molecule has 0 aliphatic rings. The molecule has 106 valence electrons. The van der Waals surface area contributed by atoms with E-state index in [2.05, 4.69) is 0 Å². The first kappa shape index (κ1) is 14.3. The summed E-state index contributed by atoms with van der Waals surface area (Å²) in [5.74, 6) is -0.182. The molecule has 0 fully saturated rings. The first-order valence-electron chi connectivity index (χ1n) is 6.87. The Morgan fingerprint density at radius 2 is 2.05 bits per heavy atom. The predicted octanol–water partition coefficient (Wildman–Crippen LogP) is 3.07. The average Bonchev–Trinajstić information content (AvgIpc) is 2.46. The maximum absolute atomic E-state index is 12.2. The van der Waals surface area contributed by atoms with Crippen LogP contribution in [0.15, 0.2) is 39.7 Å². The lowest BCUT2D eigenvalue weighted by Gasteiger charge is -2.03. The van der Waals surface area contributed by atoms with E-state index < -0.39 is 0 Å². The molecule has 0 atom stereocenters. The second kappa shape index (κ2) is 6.89. The van der Waals surface area contributed by atoms with Gasteiger partial charge in [0.05, 0.1) is 18.3 Å². The molecule has 2 rings (SSSR count). The lowest BCUT2D eigenvalue weighted by molar-refractivity contribution is -0.143. The smallest absolute Gasteiger partial charge is 0.305 e. The molecule has 0 spiro atoms. The largest absolute Gasteiger partial charge is 0.466 e. The molecule has 0 aliphatic carbocycles. The molecule has 20 heavy (non-hydrogen) atoms. The maximum Gasteiger partial charge on any atom is 0.305 e. The number of rotatable bonds is 6. The summed E-state index contributed by atoms with van der Waals surface area (Å²) >= 11 is 0. The van der Waals surface area contributed by atoms with Crippen LogP contribution in [0.3, 0.4) is 0 Å². The SMILES string of the molecule is CCOC(=O)CCCCc1coc2ccccc2c1=O. The predicted molar refractivity (Wildman–Crippen MR) is 76.7 cm³/mol. The van der Waals surface area contributed by atoms with Crippen molar-refractivity contribution < 1.29 is 13.9 Å². The highest BCUT2D eigenvalue weighted by Gasteiger charge is 2.07. The van der Waals surface area contributed by atoms with Crippen LogP contribution in [0, 0.1) is 0 Å². The highest BCUT2D eigenvalue weighted by atomic mass is 16.5. The molecule has 1 aromatic carbocycles. The molecule has 4 heteroatoms. The first-order valence-corrected chi connectivity index (χ1v) is 6.87. The van der Waals surface area contributed by atoms with E-state index >= 15 is 0 Å². The van der Waals surface area contributed by atoms with Crippen LogP contribution in [0.5, 0.6) is 0 Å². The fourth-order valence-electron chi connectivity index (χ4n) is 2.11. The van der Waals surface area contributed by atoms with Crippen LogP contribution in [0.25, 0.3) is 11.0 Å². The number of hydrogen-bond acceptors (Lipinski definition) is 4. The third-order valence-electron chi connectivity index (χ3n) is 3.13. The van der Waals surface area contributed by atoms with E-state index in [1.165, 1.54) is 6.26 Å². The van der Waals surface area contributed by atoms with E-state index in [1.807, 2.05) is 12.1 Å². The summed E-state index contributed by atoms with van der Waals surface area (Å²) in [7, 11) is 0. The summed E-state index contributed by atoms with van der Waals surface area (Å²) in [6.07, 6.45) is 4.02. The van der Waals surface area contributed by atoms with Crippen LogP contribution in [-0.2, 0) is 16.0 Å². The van der Waals surface area contributed by atoms with Crippen molar-refractivity contribution >= 4 is 16.9 Å². The van der Waals surface area contributed by atoms with Gasteiger partial charge in [-0.3, -0.25) is 9.59 Å². The molecule has 0 N–H and O–H groups in total. The molecule has 0 bridgehead atoms. The van der Waals surface area contributed by atoms with Crippen LogP contribution in [0.4, 0.5) is 0 Å². The Kier molecular flexibility index (Phi) is 4.93. The number of hydrogen-bond donors (Lipinski definition) is 0. The molecular formula is C16H18O4. The lowest BCUT2D eigenvalue weighted by atomic mass is 10.1. The Morgan fingerprint density at radius 1 is 1.25 bits per heavy atom. The van der Waals surface area contributed by atoms with Crippen LogP contribution < -0.4 is 5.43 Å². The molecular weight excluding hydrogens is 256 g/mol. The minimum atomic E-state index is -0.182. The van der Waals surface area contributed by atoms with Gasteiger partial charge in [0, 0.05) is 12.0 Å². The third kappa shape index (κ3) is 3.47. The second-order valence-corrected chi connectivity index (χ2v) is 4.60. The Bertz CT molecular complexity index is 642. The first-order chi connectivity index (χ1) is 9.72. The third-order valence-corrected chi connectivity index (χ3v) is 3.13. The van der Waals surface area contributed by atoms with E-state index in [4.69, 9.17) is 9.15 Å². The Hall–Kier alpha value is -2.10. The molecule has 0 aliphatic heterocycles. The van der Waals surface area contributed by atoms with Gasteiger partial charge in [-0.1, -0.05) is 12.1 Å². The van der Waals surface area contributed by atoms with E-state index in [9.17, 15) is 9.59 Å². The van der Waals surface area contributed by atoms with Gasteiger partial charge in [-0.15, -0.1) is 0 Å². The number of benzene rings is 1. The van der Waals surface area contributed by atoms with Crippen LogP contribution >= 0.6 is 0 Å². The van der Waals surface area contributed by atoms with Gasteiger partial charge in [0.15, 0.2) is 5.43 Å². The normalized spacial score (nSPS) is 10.7. The quantitative estimate of drug-likeness (QED) is 0.600. The van der Waals surface area contributed by atoms with E-state index in [0.717, 1.165) is 6.42 Å². The number of aryl methyl sites for hydroxylation is 1. The zero-order valence-electron chi connectivity index (χ0n) is 11.6. The van der Waals surface area contributed by atoms with Gasteiger partial charge in [0.2, 0.25) is 0 Å². The van der Waals surface area contributed by atoms with Crippen molar-refractivity contribution in [2.75, 3.05) is 6.61 Å². The Balaban J connectivity index is 1.95. The number of fused-ring (bicyclic) bond motifs is 1. The van der Waals surface area contributed by atoms with Gasteiger partial charge < -0.3 is 9.15 Å².